The Morgan fingerprint density at radius 3 is 2.75 bits per heavy atom. The Kier molecular flexibility index (Phi) is 7.73. The van der Waals surface area contributed by atoms with Crippen molar-refractivity contribution in [2.24, 2.45) is 17.8 Å². The minimum Gasteiger partial charge on any atom is -0.481 e. The number of carboxylic acid groups (broad SMARTS) is 1. The zero-order chi connectivity index (χ0) is 24.9. The van der Waals surface area contributed by atoms with E-state index in [1.807, 2.05) is 11.0 Å². The Balaban J connectivity index is 1.11. The third-order valence-corrected chi connectivity index (χ3v) is 8.31. The van der Waals surface area contributed by atoms with Crippen molar-refractivity contribution in [3.63, 3.8) is 0 Å². The molecular formula is C29H38N4O3. The normalized spacial score (nSPS) is 20.4. The van der Waals surface area contributed by atoms with Crippen LogP contribution in [0.3, 0.4) is 0 Å². The van der Waals surface area contributed by atoms with E-state index in [1.165, 1.54) is 16.8 Å². The van der Waals surface area contributed by atoms with Crippen LogP contribution >= 0.6 is 0 Å². The topological polar surface area (TPSA) is 94.6 Å². The Bertz CT molecular complexity index is 1080. The van der Waals surface area contributed by atoms with Gasteiger partial charge < -0.3 is 20.6 Å². The number of aliphatic carboxylic acids is 1. The molecule has 0 bridgehead atoms. The molecule has 3 N–H and O–H groups in total. The molecule has 1 unspecified atom stereocenters. The van der Waals surface area contributed by atoms with Gasteiger partial charge in [0.25, 0.3) is 0 Å². The minimum absolute atomic E-state index is 0.152. The average molecular weight is 491 g/mol. The minimum atomic E-state index is -0.711. The molecule has 0 saturated carbocycles. The van der Waals surface area contributed by atoms with Crippen molar-refractivity contribution in [2.45, 2.75) is 57.8 Å². The molecule has 7 nitrogen and oxygen atoms in total. The first-order valence-electron chi connectivity index (χ1n) is 13.6. The summed E-state index contributed by atoms with van der Waals surface area (Å²) in [5, 5.41) is 16.5. The number of aromatic nitrogens is 1. The fourth-order valence-electron chi connectivity index (χ4n) is 6.21. The number of carbonyl (C=O) groups excluding carboxylic acids is 1. The van der Waals surface area contributed by atoms with Gasteiger partial charge in [-0.3, -0.25) is 9.59 Å². The van der Waals surface area contributed by atoms with Crippen LogP contribution in [0, 0.1) is 17.8 Å². The third-order valence-electron chi connectivity index (χ3n) is 8.31. The quantitative estimate of drug-likeness (QED) is 0.509. The molecule has 2 atom stereocenters. The van der Waals surface area contributed by atoms with Crippen molar-refractivity contribution < 1.29 is 14.7 Å². The first-order valence-corrected chi connectivity index (χ1v) is 13.6. The number of hydrogen-bond donors (Lipinski definition) is 3. The fourth-order valence-corrected chi connectivity index (χ4v) is 6.21. The second-order valence-electron chi connectivity index (χ2n) is 10.8. The number of benzene rings is 1. The Morgan fingerprint density at radius 2 is 1.92 bits per heavy atom. The smallest absolute Gasteiger partial charge is 0.303 e. The highest BCUT2D eigenvalue weighted by molar-refractivity contribution is 5.76. The van der Waals surface area contributed by atoms with Gasteiger partial charge in [0.15, 0.2) is 0 Å². The Labute approximate surface area is 213 Å². The van der Waals surface area contributed by atoms with Crippen LogP contribution in [0.2, 0.25) is 0 Å². The molecule has 3 aliphatic rings. The number of hydrogen-bond acceptors (Lipinski definition) is 5. The number of aryl methyl sites for hydroxylation is 2. The van der Waals surface area contributed by atoms with Crippen molar-refractivity contribution in [3.8, 4) is 0 Å². The second kappa shape index (κ2) is 11.3. The standard InChI is InChI=1S/C29H38N4O3/c34-27(10-9-25-8-7-21-5-3-13-30-29(21)32-25)33-14-11-20(12-15-33)16-23(18-28(35)36)24-17-22-4-1-2-6-26(22)31-19-24/h1-2,4,6-8,20,23-24,31H,3,5,9-19H2,(H,30,32)(H,35,36)/t23-,24?/m1/s1. The SMILES string of the molecule is O=C(O)C[C@@H](CC1CCN(C(=O)CCc2ccc3c(n2)NCCC3)CC1)C1CNc2ccccc2C1. The van der Waals surface area contributed by atoms with Gasteiger partial charge in [-0.05, 0) is 86.0 Å². The van der Waals surface area contributed by atoms with Crippen molar-refractivity contribution >= 4 is 23.4 Å². The zero-order valence-electron chi connectivity index (χ0n) is 21.0. The van der Waals surface area contributed by atoms with Gasteiger partial charge >= 0.3 is 5.97 Å². The van der Waals surface area contributed by atoms with E-state index < -0.39 is 5.97 Å². The number of nitrogens with one attached hydrogen (secondary N) is 2. The molecule has 1 fully saturated rings. The molecule has 1 aromatic heterocycles. The van der Waals surface area contributed by atoms with E-state index in [2.05, 4.69) is 41.0 Å². The summed E-state index contributed by atoms with van der Waals surface area (Å²) in [5.74, 6) is 1.44. The molecule has 3 aliphatic heterocycles. The van der Waals surface area contributed by atoms with Gasteiger partial charge in [0.1, 0.15) is 5.82 Å². The lowest BCUT2D eigenvalue weighted by Crippen LogP contribution is -2.40. The summed E-state index contributed by atoms with van der Waals surface area (Å²) in [6.07, 6.45) is 7.37. The number of carbonyl (C=O) groups is 2. The van der Waals surface area contributed by atoms with Gasteiger partial charge in [-0.15, -0.1) is 0 Å². The Morgan fingerprint density at radius 1 is 1.08 bits per heavy atom. The maximum Gasteiger partial charge on any atom is 0.303 e. The van der Waals surface area contributed by atoms with E-state index in [1.54, 1.807) is 0 Å². The molecule has 36 heavy (non-hydrogen) atoms. The highest BCUT2D eigenvalue weighted by Gasteiger charge is 2.32. The first-order chi connectivity index (χ1) is 17.5. The maximum atomic E-state index is 12.9. The summed E-state index contributed by atoms with van der Waals surface area (Å²) >= 11 is 0. The summed E-state index contributed by atoms with van der Waals surface area (Å²) < 4.78 is 0. The third kappa shape index (κ3) is 6.00. The Hall–Kier alpha value is -3.09. The molecule has 1 amide bonds. The van der Waals surface area contributed by atoms with Crippen LogP contribution in [0.25, 0.3) is 0 Å². The highest BCUT2D eigenvalue weighted by atomic mass is 16.4. The summed E-state index contributed by atoms with van der Waals surface area (Å²) in [4.78, 5) is 31.3. The van der Waals surface area contributed by atoms with Gasteiger partial charge in [0.2, 0.25) is 5.91 Å². The molecule has 5 rings (SSSR count). The van der Waals surface area contributed by atoms with Gasteiger partial charge in [0.05, 0.1) is 0 Å². The van der Waals surface area contributed by atoms with E-state index >= 15 is 0 Å². The number of para-hydroxylation sites is 1. The number of anilines is 2. The number of rotatable bonds is 8. The molecule has 192 valence electrons. The van der Waals surface area contributed by atoms with Crippen LogP contribution in [0.4, 0.5) is 11.5 Å². The first kappa shape index (κ1) is 24.6. The molecule has 2 aromatic rings. The lowest BCUT2D eigenvalue weighted by atomic mass is 9.75. The van der Waals surface area contributed by atoms with E-state index in [0.29, 0.717) is 24.7 Å². The fraction of sp³-hybridized carbons (Fsp3) is 0.552. The number of fused-ring (bicyclic) bond motifs is 2. The molecule has 0 spiro atoms. The van der Waals surface area contributed by atoms with Crippen LogP contribution in [0.5, 0.6) is 0 Å². The summed E-state index contributed by atoms with van der Waals surface area (Å²) in [6.45, 7) is 3.34. The van der Waals surface area contributed by atoms with Crippen LogP contribution < -0.4 is 10.6 Å². The zero-order valence-corrected chi connectivity index (χ0v) is 21.0. The number of likely N-dealkylation sites (tertiary alicyclic amines) is 1. The van der Waals surface area contributed by atoms with Crippen molar-refractivity contribution in [1.82, 2.24) is 9.88 Å². The predicted molar refractivity (Wildman–Crippen MR) is 141 cm³/mol. The molecule has 0 aliphatic carbocycles. The lowest BCUT2D eigenvalue weighted by Gasteiger charge is -2.37. The van der Waals surface area contributed by atoms with Crippen LogP contribution in [-0.4, -0.2) is 53.0 Å². The van der Waals surface area contributed by atoms with Crippen LogP contribution in [0.1, 0.15) is 55.3 Å². The number of carboxylic acids is 1. The molecule has 1 aromatic carbocycles. The van der Waals surface area contributed by atoms with Crippen LogP contribution in [-0.2, 0) is 28.9 Å². The van der Waals surface area contributed by atoms with Gasteiger partial charge in [-0.1, -0.05) is 24.3 Å². The van der Waals surface area contributed by atoms with E-state index in [4.69, 9.17) is 4.98 Å². The van der Waals surface area contributed by atoms with Gasteiger partial charge in [-0.2, -0.15) is 0 Å². The number of piperidine rings is 1. The number of amides is 1. The number of nitrogens with zero attached hydrogens (tertiary/aromatic N) is 2. The van der Waals surface area contributed by atoms with Crippen molar-refractivity contribution in [1.29, 1.82) is 0 Å². The molecule has 7 heteroatoms. The summed E-state index contributed by atoms with van der Waals surface area (Å²) in [7, 11) is 0. The van der Waals surface area contributed by atoms with E-state index in [-0.39, 0.29) is 18.2 Å². The second-order valence-corrected chi connectivity index (χ2v) is 10.8. The van der Waals surface area contributed by atoms with Gasteiger partial charge in [0, 0.05) is 50.4 Å². The predicted octanol–water partition coefficient (Wildman–Crippen LogP) is 4.38. The molecule has 0 radical (unpaired) electrons. The van der Waals surface area contributed by atoms with Gasteiger partial charge in [-0.25, -0.2) is 4.98 Å². The average Bonchev–Trinajstić information content (AvgIpc) is 2.91. The maximum absolute atomic E-state index is 12.9. The van der Waals surface area contributed by atoms with E-state index in [0.717, 1.165) is 76.2 Å². The summed E-state index contributed by atoms with van der Waals surface area (Å²) in [5.41, 5.74) is 4.71. The highest BCUT2D eigenvalue weighted by Crippen LogP contribution is 2.35. The number of pyridine rings is 1. The van der Waals surface area contributed by atoms with E-state index in [9.17, 15) is 14.7 Å². The largest absolute Gasteiger partial charge is 0.481 e. The lowest BCUT2D eigenvalue weighted by molar-refractivity contribution is -0.138. The summed E-state index contributed by atoms with van der Waals surface area (Å²) in [6, 6.07) is 12.5. The molecule has 1 saturated heterocycles. The van der Waals surface area contributed by atoms with Crippen LogP contribution in [0.15, 0.2) is 36.4 Å². The molecular weight excluding hydrogens is 452 g/mol. The van der Waals surface area contributed by atoms with Crippen molar-refractivity contribution in [3.05, 3.63) is 53.2 Å². The molecule has 4 heterocycles. The monoisotopic (exact) mass is 490 g/mol. The van der Waals surface area contributed by atoms with Crippen molar-refractivity contribution in [2.75, 3.05) is 36.8 Å².